The predicted molar refractivity (Wildman–Crippen MR) is 46.2 cm³/mol. The van der Waals surface area contributed by atoms with Crippen molar-refractivity contribution >= 4 is 6.72 Å². The summed E-state index contributed by atoms with van der Waals surface area (Å²) in [5.74, 6) is 0.306. The highest BCUT2D eigenvalue weighted by Gasteiger charge is 1.90. The van der Waals surface area contributed by atoms with E-state index in [0.717, 1.165) is 13.0 Å². The van der Waals surface area contributed by atoms with E-state index in [1.54, 1.807) is 12.1 Å². The summed E-state index contributed by atoms with van der Waals surface area (Å²) >= 11 is 0. The van der Waals surface area contributed by atoms with Gasteiger partial charge in [-0.1, -0.05) is 12.1 Å². The van der Waals surface area contributed by atoms with Crippen molar-refractivity contribution in [1.29, 1.82) is 0 Å². The molecule has 2 nitrogen and oxygen atoms in total. The van der Waals surface area contributed by atoms with Crippen molar-refractivity contribution in [3.05, 3.63) is 29.8 Å². The van der Waals surface area contributed by atoms with Gasteiger partial charge in [-0.25, -0.2) is 0 Å². The third-order valence-corrected chi connectivity index (χ3v) is 1.49. The Balaban J connectivity index is 2.58. The van der Waals surface area contributed by atoms with E-state index >= 15 is 0 Å². The smallest absolute Gasteiger partial charge is 0.115 e. The van der Waals surface area contributed by atoms with Crippen LogP contribution < -0.4 is 0 Å². The zero-order chi connectivity index (χ0) is 8.10. The number of rotatable bonds is 3. The fourth-order valence-electron chi connectivity index (χ4n) is 0.871. The quantitative estimate of drug-likeness (QED) is 0.651. The highest BCUT2D eigenvalue weighted by Crippen LogP contribution is 2.09. The second-order valence-corrected chi connectivity index (χ2v) is 2.36. The van der Waals surface area contributed by atoms with E-state index in [0.29, 0.717) is 5.75 Å². The number of hydrogen-bond donors (Lipinski definition) is 1. The van der Waals surface area contributed by atoms with E-state index in [2.05, 4.69) is 11.7 Å². The molecule has 0 bridgehead atoms. The maximum atomic E-state index is 8.95. The van der Waals surface area contributed by atoms with Gasteiger partial charge in [0.15, 0.2) is 0 Å². The summed E-state index contributed by atoms with van der Waals surface area (Å²) in [6, 6.07) is 7.14. The Bertz CT molecular complexity index is 228. The van der Waals surface area contributed by atoms with Gasteiger partial charge in [-0.2, -0.15) is 0 Å². The topological polar surface area (TPSA) is 32.6 Å². The van der Waals surface area contributed by atoms with Gasteiger partial charge in [0.2, 0.25) is 0 Å². The van der Waals surface area contributed by atoms with Crippen molar-refractivity contribution in [2.75, 3.05) is 6.54 Å². The molecule has 0 unspecified atom stereocenters. The van der Waals surface area contributed by atoms with Gasteiger partial charge in [-0.05, 0) is 30.8 Å². The van der Waals surface area contributed by atoms with Crippen LogP contribution in [0.3, 0.4) is 0 Å². The van der Waals surface area contributed by atoms with Crippen molar-refractivity contribution in [3.63, 3.8) is 0 Å². The minimum absolute atomic E-state index is 0.306. The van der Waals surface area contributed by atoms with Gasteiger partial charge in [0.05, 0.1) is 0 Å². The third kappa shape index (κ3) is 2.42. The molecule has 1 aromatic carbocycles. The molecule has 0 aliphatic carbocycles. The maximum Gasteiger partial charge on any atom is 0.115 e. The molecular formula is C9H11NO. The van der Waals surface area contributed by atoms with Gasteiger partial charge in [-0.3, -0.25) is 0 Å². The first-order chi connectivity index (χ1) is 5.33. The normalized spacial score (nSPS) is 9.45. The number of aromatic hydroxyl groups is 1. The monoisotopic (exact) mass is 149 g/mol. The lowest BCUT2D eigenvalue weighted by Crippen LogP contribution is -1.87. The first-order valence-corrected chi connectivity index (χ1v) is 3.53. The molecule has 1 aromatic rings. The van der Waals surface area contributed by atoms with Crippen LogP contribution in [0.1, 0.15) is 5.56 Å². The van der Waals surface area contributed by atoms with Crippen LogP contribution in [-0.4, -0.2) is 18.4 Å². The van der Waals surface area contributed by atoms with Crippen LogP contribution in [0.2, 0.25) is 0 Å². The Kier molecular flexibility index (Phi) is 2.66. The number of nitrogens with zero attached hydrogens (tertiary/aromatic N) is 1. The maximum absolute atomic E-state index is 8.95. The standard InChI is InChI=1S/C9H11NO/c1-10-7-6-8-2-4-9(11)5-3-8/h2-5,11H,1,6-7H2. The van der Waals surface area contributed by atoms with Gasteiger partial charge in [0.1, 0.15) is 5.75 Å². The summed E-state index contributed by atoms with van der Waals surface area (Å²) in [6.07, 6.45) is 0.893. The van der Waals surface area contributed by atoms with E-state index in [9.17, 15) is 0 Å². The fraction of sp³-hybridized carbons (Fsp3) is 0.222. The molecule has 0 aliphatic rings. The van der Waals surface area contributed by atoms with Crippen LogP contribution in [0.4, 0.5) is 0 Å². The van der Waals surface area contributed by atoms with Gasteiger partial charge in [-0.15, -0.1) is 0 Å². The van der Waals surface area contributed by atoms with Crippen molar-refractivity contribution in [2.45, 2.75) is 6.42 Å². The molecule has 0 aliphatic heterocycles. The molecule has 58 valence electrons. The van der Waals surface area contributed by atoms with E-state index in [1.165, 1.54) is 5.56 Å². The molecule has 0 atom stereocenters. The summed E-state index contributed by atoms with van der Waals surface area (Å²) in [5, 5.41) is 8.95. The van der Waals surface area contributed by atoms with Gasteiger partial charge >= 0.3 is 0 Å². The van der Waals surface area contributed by atoms with E-state index in [1.807, 2.05) is 12.1 Å². The van der Waals surface area contributed by atoms with E-state index < -0.39 is 0 Å². The predicted octanol–water partition coefficient (Wildman–Crippen LogP) is 1.64. The summed E-state index contributed by atoms with van der Waals surface area (Å²) in [7, 11) is 0. The Labute approximate surface area is 66.2 Å². The van der Waals surface area contributed by atoms with Crippen molar-refractivity contribution < 1.29 is 5.11 Å². The number of hydrogen-bond acceptors (Lipinski definition) is 2. The Morgan fingerprint density at radius 2 is 1.91 bits per heavy atom. The SMILES string of the molecule is C=NCCc1ccc(O)cc1. The summed E-state index contributed by atoms with van der Waals surface area (Å²) in [4.78, 5) is 3.74. The summed E-state index contributed by atoms with van der Waals surface area (Å²) < 4.78 is 0. The average Bonchev–Trinajstić information content (AvgIpc) is 2.04. The lowest BCUT2D eigenvalue weighted by molar-refractivity contribution is 0.475. The zero-order valence-electron chi connectivity index (χ0n) is 6.33. The van der Waals surface area contributed by atoms with Crippen LogP contribution in [0.5, 0.6) is 5.75 Å². The van der Waals surface area contributed by atoms with Crippen LogP contribution in [0.15, 0.2) is 29.3 Å². The molecule has 0 saturated carbocycles. The Morgan fingerprint density at radius 3 is 2.45 bits per heavy atom. The van der Waals surface area contributed by atoms with Crippen molar-refractivity contribution in [3.8, 4) is 5.75 Å². The Morgan fingerprint density at radius 1 is 1.27 bits per heavy atom. The molecular weight excluding hydrogens is 138 g/mol. The molecule has 0 spiro atoms. The minimum Gasteiger partial charge on any atom is -0.508 e. The van der Waals surface area contributed by atoms with Crippen LogP contribution in [-0.2, 0) is 6.42 Å². The molecule has 1 rings (SSSR count). The van der Waals surface area contributed by atoms with Crippen LogP contribution in [0.25, 0.3) is 0 Å². The molecule has 0 aromatic heterocycles. The molecule has 0 heterocycles. The Hall–Kier alpha value is -1.31. The number of phenolic OH excluding ortho intramolecular Hbond substituents is 1. The molecule has 0 radical (unpaired) electrons. The first-order valence-electron chi connectivity index (χ1n) is 3.53. The van der Waals surface area contributed by atoms with E-state index in [4.69, 9.17) is 5.11 Å². The highest BCUT2D eigenvalue weighted by molar-refractivity contribution is 5.27. The number of phenols is 1. The van der Waals surface area contributed by atoms with Crippen LogP contribution >= 0.6 is 0 Å². The number of benzene rings is 1. The number of aliphatic imine (C=N–C) groups is 1. The van der Waals surface area contributed by atoms with Gasteiger partial charge in [0.25, 0.3) is 0 Å². The van der Waals surface area contributed by atoms with Gasteiger partial charge < -0.3 is 10.1 Å². The molecule has 1 N–H and O–H groups in total. The molecule has 0 fully saturated rings. The summed E-state index contributed by atoms with van der Waals surface area (Å²) in [6.45, 7) is 4.13. The average molecular weight is 149 g/mol. The summed E-state index contributed by atoms with van der Waals surface area (Å²) in [5.41, 5.74) is 1.18. The van der Waals surface area contributed by atoms with Crippen molar-refractivity contribution in [1.82, 2.24) is 0 Å². The van der Waals surface area contributed by atoms with Gasteiger partial charge in [0, 0.05) is 6.54 Å². The largest absolute Gasteiger partial charge is 0.508 e. The van der Waals surface area contributed by atoms with Crippen LogP contribution in [0, 0.1) is 0 Å². The lowest BCUT2D eigenvalue weighted by Gasteiger charge is -1.96. The second-order valence-electron chi connectivity index (χ2n) is 2.36. The molecule has 0 saturated heterocycles. The lowest BCUT2D eigenvalue weighted by atomic mass is 10.1. The zero-order valence-corrected chi connectivity index (χ0v) is 6.33. The van der Waals surface area contributed by atoms with E-state index in [-0.39, 0.29) is 0 Å². The molecule has 0 amide bonds. The highest BCUT2D eigenvalue weighted by atomic mass is 16.3. The fourth-order valence-corrected chi connectivity index (χ4v) is 0.871. The minimum atomic E-state index is 0.306. The molecule has 11 heavy (non-hydrogen) atoms. The first kappa shape index (κ1) is 7.79. The van der Waals surface area contributed by atoms with Crippen molar-refractivity contribution in [2.24, 2.45) is 4.99 Å². The second kappa shape index (κ2) is 3.76. The molecule has 2 heteroatoms. The third-order valence-electron chi connectivity index (χ3n) is 1.49.